The Morgan fingerprint density at radius 3 is 2.63 bits per heavy atom. The number of furan rings is 1. The maximum atomic E-state index is 14.0. The molecule has 0 aliphatic carbocycles. The Morgan fingerprint density at radius 1 is 1.09 bits per heavy atom. The third-order valence-electron chi connectivity index (χ3n) is 6.77. The maximum absolute atomic E-state index is 14.0. The number of benzene rings is 2. The summed E-state index contributed by atoms with van der Waals surface area (Å²) in [6.45, 7) is 8.38. The van der Waals surface area contributed by atoms with E-state index in [9.17, 15) is 9.59 Å². The van der Waals surface area contributed by atoms with Crippen LogP contribution < -0.4 is 10.2 Å². The Bertz CT molecular complexity index is 1420. The zero-order chi connectivity index (χ0) is 24.7. The lowest BCUT2D eigenvalue weighted by Gasteiger charge is -2.43. The van der Waals surface area contributed by atoms with Gasteiger partial charge in [0.1, 0.15) is 16.9 Å². The summed E-state index contributed by atoms with van der Waals surface area (Å²) in [6, 6.07) is 19.1. The first kappa shape index (κ1) is 22.7. The lowest BCUT2D eigenvalue weighted by molar-refractivity contribution is -0.126. The second-order valence-electron chi connectivity index (χ2n) is 9.35. The molecular weight excluding hydrogens is 440 g/mol. The van der Waals surface area contributed by atoms with Crippen LogP contribution in [0.3, 0.4) is 0 Å². The van der Waals surface area contributed by atoms with E-state index in [1.165, 1.54) is 0 Å². The highest BCUT2D eigenvalue weighted by Crippen LogP contribution is 2.36. The fourth-order valence-corrected chi connectivity index (χ4v) is 4.68. The van der Waals surface area contributed by atoms with Gasteiger partial charge in [0.25, 0.3) is 5.91 Å². The molecule has 0 saturated carbocycles. The molecule has 7 nitrogen and oxygen atoms in total. The quantitative estimate of drug-likeness (QED) is 0.456. The highest BCUT2D eigenvalue weighted by molar-refractivity contribution is 6.12. The topological polar surface area (TPSA) is 80.4 Å². The number of hydrogen-bond acceptors (Lipinski definition) is 4. The molecule has 0 saturated heterocycles. The van der Waals surface area contributed by atoms with Gasteiger partial charge < -0.3 is 9.73 Å². The van der Waals surface area contributed by atoms with Crippen LogP contribution in [0, 0.1) is 20.8 Å². The SMILES string of the molecule is Cc1cccc(CNC(=O)[C@]2(C)Cn3nc(-c4ccco4)cc3C(=O)N2c2cccc(C)c2C)c1. The van der Waals surface area contributed by atoms with Crippen molar-refractivity contribution in [1.29, 1.82) is 0 Å². The normalized spacial score (nSPS) is 17.4. The Labute approximate surface area is 204 Å². The summed E-state index contributed by atoms with van der Waals surface area (Å²) < 4.78 is 7.11. The first-order valence-corrected chi connectivity index (χ1v) is 11.6. The second-order valence-corrected chi connectivity index (χ2v) is 9.35. The molecular formula is C28H28N4O3. The fraction of sp³-hybridized carbons (Fsp3) is 0.250. The molecule has 1 aliphatic heterocycles. The van der Waals surface area contributed by atoms with Gasteiger partial charge in [-0.05, 0) is 62.6 Å². The molecule has 2 aromatic carbocycles. The van der Waals surface area contributed by atoms with Crippen LogP contribution >= 0.6 is 0 Å². The summed E-state index contributed by atoms with van der Waals surface area (Å²) in [5.41, 5.74) is 4.63. The number of hydrogen-bond donors (Lipinski definition) is 1. The number of carbonyl (C=O) groups excluding carboxylic acids is 2. The number of amides is 2. The van der Waals surface area contributed by atoms with E-state index in [0.717, 1.165) is 27.9 Å². The van der Waals surface area contributed by atoms with Crippen molar-refractivity contribution in [1.82, 2.24) is 15.1 Å². The lowest BCUT2D eigenvalue weighted by Crippen LogP contribution is -2.64. The van der Waals surface area contributed by atoms with Crippen molar-refractivity contribution in [3.8, 4) is 11.5 Å². The van der Waals surface area contributed by atoms with E-state index in [-0.39, 0.29) is 18.4 Å². The molecule has 2 amide bonds. The van der Waals surface area contributed by atoms with Crippen molar-refractivity contribution >= 4 is 17.5 Å². The molecule has 4 aromatic rings. The zero-order valence-corrected chi connectivity index (χ0v) is 20.3. The minimum absolute atomic E-state index is 0.210. The number of rotatable bonds is 5. The van der Waals surface area contributed by atoms with Crippen LogP contribution in [0.15, 0.2) is 71.3 Å². The van der Waals surface area contributed by atoms with Gasteiger partial charge in [-0.1, -0.05) is 42.0 Å². The van der Waals surface area contributed by atoms with Crippen LogP contribution in [0.25, 0.3) is 11.5 Å². The largest absolute Gasteiger partial charge is 0.463 e. The number of carbonyl (C=O) groups is 2. The summed E-state index contributed by atoms with van der Waals surface area (Å²) >= 11 is 0. The van der Waals surface area contributed by atoms with Gasteiger partial charge in [0.05, 0.1) is 12.8 Å². The summed E-state index contributed by atoms with van der Waals surface area (Å²) in [4.78, 5) is 29.4. The highest BCUT2D eigenvalue weighted by atomic mass is 16.3. The molecule has 0 radical (unpaired) electrons. The number of fused-ring (bicyclic) bond motifs is 1. The van der Waals surface area contributed by atoms with Crippen LogP contribution in [0.5, 0.6) is 0 Å². The number of aryl methyl sites for hydroxylation is 2. The van der Waals surface area contributed by atoms with E-state index >= 15 is 0 Å². The maximum Gasteiger partial charge on any atom is 0.277 e. The smallest absolute Gasteiger partial charge is 0.277 e. The Hall–Kier alpha value is -4.13. The summed E-state index contributed by atoms with van der Waals surface area (Å²) in [5, 5.41) is 7.68. The van der Waals surface area contributed by atoms with Crippen molar-refractivity contribution in [2.75, 3.05) is 4.90 Å². The summed E-state index contributed by atoms with van der Waals surface area (Å²) in [6.07, 6.45) is 1.57. The fourth-order valence-electron chi connectivity index (χ4n) is 4.68. The van der Waals surface area contributed by atoms with Gasteiger partial charge in [0, 0.05) is 18.3 Å². The predicted octanol–water partition coefficient (Wildman–Crippen LogP) is 4.80. The molecule has 178 valence electrons. The third kappa shape index (κ3) is 3.93. The van der Waals surface area contributed by atoms with Crippen molar-refractivity contribution < 1.29 is 14.0 Å². The zero-order valence-electron chi connectivity index (χ0n) is 20.3. The van der Waals surface area contributed by atoms with E-state index < -0.39 is 5.54 Å². The average Bonchev–Trinajstić information content (AvgIpc) is 3.50. The van der Waals surface area contributed by atoms with E-state index in [0.29, 0.717) is 23.7 Å². The van der Waals surface area contributed by atoms with Gasteiger partial charge in [-0.25, -0.2) is 0 Å². The van der Waals surface area contributed by atoms with Gasteiger partial charge in [-0.15, -0.1) is 0 Å². The van der Waals surface area contributed by atoms with E-state index in [4.69, 9.17) is 4.42 Å². The molecule has 1 N–H and O–H groups in total. The van der Waals surface area contributed by atoms with Crippen LogP contribution in [0.1, 0.15) is 39.7 Å². The molecule has 2 aromatic heterocycles. The minimum Gasteiger partial charge on any atom is -0.463 e. The van der Waals surface area contributed by atoms with E-state index in [1.54, 1.807) is 41.0 Å². The standard InChI is InChI=1S/C28H28N4O3/c1-18-8-5-10-21(14-18)16-29-27(34)28(4)17-31-24(15-22(30-31)25-12-7-13-35-25)26(33)32(28)23-11-6-9-19(2)20(23)3/h5-15H,16-17H2,1-4H3,(H,29,34)/t28-/m0/s1. The van der Waals surface area contributed by atoms with Gasteiger partial charge >= 0.3 is 0 Å². The molecule has 5 rings (SSSR count). The van der Waals surface area contributed by atoms with Gasteiger partial charge in [-0.3, -0.25) is 19.2 Å². The molecule has 1 atom stereocenters. The van der Waals surface area contributed by atoms with Crippen LogP contribution in [0.2, 0.25) is 0 Å². The van der Waals surface area contributed by atoms with Gasteiger partial charge in [0.15, 0.2) is 5.76 Å². The lowest BCUT2D eigenvalue weighted by atomic mass is 9.92. The molecule has 0 bridgehead atoms. The molecule has 1 aliphatic rings. The molecule has 0 fully saturated rings. The van der Waals surface area contributed by atoms with Crippen LogP contribution in [-0.4, -0.2) is 27.1 Å². The average molecular weight is 469 g/mol. The van der Waals surface area contributed by atoms with Crippen molar-refractivity contribution in [3.63, 3.8) is 0 Å². The summed E-state index contributed by atoms with van der Waals surface area (Å²) in [5.74, 6) is 0.0565. The van der Waals surface area contributed by atoms with Gasteiger partial charge in [0.2, 0.25) is 5.91 Å². The van der Waals surface area contributed by atoms with E-state index in [1.807, 2.05) is 63.2 Å². The third-order valence-corrected chi connectivity index (χ3v) is 6.77. The van der Waals surface area contributed by atoms with Crippen LogP contribution in [0.4, 0.5) is 5.69 Å². The molecule has 0 unspecified atom stereocenters. The molecule has 0 spiro atoms. The number of aromatic nitrogens is 2. The second kappa shape index (κ2) is 8.58. The predicted molar refractivity (Wildman–Crippen MR) is 134 cm³/mol. The Balaban J connectivity index is 1.57. The number of nitrogens with one attached hydrogen (secondary N) is 1. The molecule has 7 heteroatoms. The van der Waals surface area contributed by atoms with Gasteiger partial charge in [-0.2, -0.15) is 5.10 Å². The highest BCUT2D eigenvalue weighted by Gasteiger charge is 2.49. The number of nitrogens with zero attached hydrogens (tertiary/aromatic N) is 3. The molecule has 3 heterocycles. The van der Waals surface area contributed by atoms with E-state index in [2.05, 4.69) is 10.4 Å². The molecule has 35 heavy (non-hydrogen) atoms. The monoisotopic (exact) mass is 468 g/mol. The minimum atomic E-state index is -1.20. The van der Waals surface area contributed by atoms with Crippen LogP contribution in [-0.2, 0) is 17.9 Å². The Morgan fingerprint density at radius 2 is 1.89 bits per heavy atom. The van der Waals surface area contributed by atoms with Crippen molar-refractivity contribution in [2.24, 2.45) is 0 Å². The Kier molecular flexibility index (Phi) is 5.55. The first-order chi connectivity index (χ1) is 16.8. The number of anilines is 1. The first-order valence-electron chi connectivity index (χ1n) is 11.6. The van der Waals surface area contributed by atoms with Crippen molar-refractivity contribution in [3.05, 3.63) is 94.9 Å². The summed E-state index contributed by atoms with van der Waals surface area (Å²) in [7, 11) is 0. The van der Waals surface area contributed by atoms with Crippen molar-refractivity contribution in [2.45, 2.75) is 46.3 Å².